The van der Waals surface area contributed by atoms with E-state index >= 15 is 0 Å². The summed E-state index contributed by atoms with van der Waals surface area (Å²) in [6.45, 7) is 1.85. The highest BCUT2D eigenvalue weighted by Gasteiger charge is 2.27. The minimum Gasteiger partial charge on any atom is -0.467 e. The number of hydrogen-bond acceptors (Lipinski definition) is 5. The minimum atomic E-state index is -1.12. The van der Waals surface area contributed by atoms with Gasteiger partial charge in [0.05, 0.1) is 0 Å². The summed E-state index contributed by atoms with van der Waals surface area (Å²) in [5.74, 6) is -1.06. The molecule has 0 aliphatic heterocycles. The largest absolute Gasteiger partial charge is 0.467 e. The Morgan fingerprint density at radius 3 is 2.61 bits per heavy atom. The molecule has 1 amide bonds. The first-order valence-corrected chi connectivity index (χ1v) is 8.71. The van der Waals surface area contributed by atoms with Crippen LogP contribution in [0.3, 0.4) is 0 Å². The van der Waals surface area contributed by atoms with Gasteiger partial charge in [0.2, 0.25) is 11.9 Å². The molecule has 0 saturated carbocycles. The first kappa shape index (κ1) is 19.3. The van der Waals surface area contributed by atoms with E-state index in [1.165, 1.54) is 18.3 Å². The summed E-state index contributed by atoms with van der Waals surface area (Å²) < 4.78 is 5.73. The van der Waals surface area contributed by atoms with Crippen LogP contribution < -0.4 is 10.1 Å². The standard InChI is InChI=1S/C20H16ClN3O4/c1-13-9-10-15(12-16(13)21)23-20(25)18(14-6-3-2-4-7-14)28-17-8-5-11-22-19(17)24(26)27/h2-12,18H,1H3,(H,23,25). The van der Waals surface area contributed by atoms with E-state index < -0.39 is 22.8 Å². The molecule has 2 aromatic carbocycles. The summed E-state index contributed by atoms with van der Waals surface area (Å²) in [5, 5.41) is 14.5. The van der Waals surface area contributed by atoms with Crippen LogP contribution in [0.4, 0.5) is 11.5 Å². The van der Waals surface area contributed by atoms with Crippen molar-refractivity contribution in [2.45, 2.75) is 13.0 Å². The van der Waals surface area contributed by atoms with E-state index in [9.17, 15) is 14.9 Å². The highest BCUT2D eigenvalue weighted by atomic mass is 35.5. The Morgan fingerprint density at radius 1 is 1.18 bits per heavy atom. The number of carbonyl (C=O) groups excluding carboxylic acids is 1. The molecule has 0 radical (unpaired) electrons. The summed E-state index contributed by atoms with van der Waals surface area (Å²) >= 11 is 6.11. The SMILES string of the molecule is Cc1ccc(NC(=O)C(Oc2cccnc2[N+](=O)[O-])c2ccccc2)cc1Cl. The Kier molecular flexibility index (Phi) is 5.86. The molecule has 3 aromatic rings. The fraction of sp³-hybridized carbons (Fsp3) is 0.100. The van der Waals surface area contributed by atoms with Gasteiger partial charge < -0.3 is 20.2 Å². The van der Waals surface area contributed by atoms with Crippen LogP contribution in [0.1, 0.15) is 17.2 Å². The topological polar surface area (TPSA) is 94.4 Å². The number of anilines is 1. The van der Waals surface area contributed by atoms with Crippen LogP contribution in [0.2, 0.25) is 5.02 Å². The van der Waals surface area contributed by atoms with Gasteiger partial charge in [-0.3, -0.25) is 4.79 Å². The number of aromatic nitrogens is 1. The van der Waals surface area contributed by atoms with E-state index in [-0.39, 0.29) is 5.75 Å². The van der Waals surface area contributed by atoms with Crippen LogP contribution >= 0.6 is 11.6 Å². The second-order valence-corrected chi connectivity index (χ2v) is 6.35. The van der Waals surface area contributed by atoms with Gasteiger partial charge in [0.1, 0.15) is 6.20 Å². The number of nitrogens with zero attached hydrogens (tertiary/aromatic N) is 2. The lowest BCUT2D eigenvalue weighted by molar-refractivity contribution is -0.390. The van der Waals surface area contributed by atoms with Crippen LogP contribution in [0, 0.1) is 17.0 Å². The van der Waals surface area contributed by atoms with Crippen molar-refractivity contribution in [1.29, 1.82) is 0 Å². The van der Waals surface area contributed by atoms with Gasteiger partial charge >= 0.3 is 5.82 Å². The Balaban J connectivity index is 1.92. The van der Waals surface area contributed by atoms with Crippen LogP contribution in [-0.4, -0.2) is 15.8 Å². The molecule has 0 spiro atoms. The quantitative estimate of drug-likeness (QED) is 0.480. The summed E-state index contributed by atoms with van der Waals surface area (Å²) in [5.41, 5.74) is 1.91. The summed E-state index contributed by atoms with van der Waals surface area (Å²) in [6.07, 6.45) is 0.167. The molecule has 1 heterocycles. The molecule has 0 bridgehead atoms. The molecule has 142 valence electrons. The number of benzene rings is 2. The second kappa shape index (κ2) is 8.49. The van der Waals surface area contributed by atoms with Crippen LogP contribution in [0.5, 0.6) is 5.75 Å². The first-order valence-electron chi connectivity index (χ1n) is 8.33. The number of amides is 1. The molecule has 8 heteroatoms. The molecule has 0 saturated heterocycles. The number of halogens is 1. The Labute approximate surface area is 166 Å². The van der Waals surface area contributed by atoms with Gasteiger partial charge in [0.15, 0.2) is 0 Å². The first-order chi connectivity index (χ1) is 13.5. The number of nitrogens with one attached hydrogen (secondary N) is 1. The Hall–Kier alpha value is -3.45. The summed E-state index contributed by atoms with van der Waals surface area (Å²) in [4.78, 5) is 27.2. The normalized spacial score (nSPS) is 11.5. The lowest BCUT2D eigenvalue weighted by atomic mass is 10.1. The van der Waals surface area contributed by atoms with Gasteiger partial charge in [-0.05, 0) is 46.7 Å². The van der Waals surface area contributed by atoms with Crippen molar-refractivity contribution in [2.75, 3.05) is 5.32 Å². The fourth-order valence-corrected chi connectivity index (χ4v) is 2.70. The number of nitro groups is 1. The Bertz CT molecular complexity index is 1010. The van der Waals surface area contributed by atoms with Crippen molar-refractivity contribution >= 4 is 29.0 Å². The Morgan fingerprint density at radius 2 is 1.93 bits per heavy atom. The molecule has 28 heavy (non-hydrogen) atoms. The van der Waals surface area contributed by atoms with Crippen molar-refractivity contribution < 1.29 is 14.5 Å². The van der Waals surface area contributed by atoms with Crippen molar-refractivity contribution in [3.8, 4) is 5.75 Å². The monoisotopic (exact) mass is 397 g/mol. The molecule has 1 atom stereocenters. The molecular weight excluding hydrogens is 382 g/mol. The summed E-state index contributed by atoms with van der Waals surface area (Å²) in [6, 6.07) is 16.7. The third-order valence-corrected chi connectivity index (χ3v) is 4.36. The van der Waals surface area contributed by atoms with Gasteiger partial charge in [-0.15, -0.1) is 0 Å². The molecule has 0 aliphatic carbocycles. The minimum absolute atomic E-state index is 0.0987. The molecule has 7 nitrogen and oxygen atoms in total. The van der Waals surface area contributed by atoms with E-state index in [0.29, 0.717) is 16.3 Å². The van der Waals surface area contributed by atoms with Gasteiger partial charge in [0.25, 0.3) is 5.91 Å². The summed E-state index contributed by atoms with van der Waals surface area (Å²) in [7, 11) is 0. The fourth-order valence-electron chi connectivity index (χ4n) is 2.52. The maximum Gasteiger partial charge on any atom is 0.406 e. The third kappa shape index (κ3) is 4.44. The number of hydrogen-bond donors (Lipinski definition) is 1. The van der Waals surface area contributed by atoms with Crippen molar-refractivity contribution in [2.24, 2.45) is 0 Å². The average molecular weight is 398 g/mol. The van der Waals surface area contributed by atoms with Gasteiger partial charge in [-0.1, -0.05) is 48.0 Å². The lowest BCUT2D eigenvalue weighted by Crippen LogP contribution is -2.26. The van der Waals surface area contributed by atoms with Gasteiger partial charge in [-0.2, -0.15) is 0 Å². The predicted molar refractivity (Wildman–Crippen MR) is 106 cm³/mol. The molecule has 0 fully saturated rings. The second-order valence-electron chi connectivity index (χ2n) is 5.94. The smallest absolute Gasteiger partial charge is 0.406 e. The van der Waals surface area contributed by atoms with E-state index in [1.807, 2.05) is 6.92 Å². The zero-order valence-electron chi connectivity index (χ0n) is 14.8. The predicted octanol–water partition coefficient (Wildman–Crippen LogP) is 4.71. The highest BCUT2D eigenvalue weighted by Crippen LogP contribution is 2.30. The zero-order valence-corrected chi connectivity index (χ0v) is 15.6. The van der Waals surface area contributed by atoms with Crippen molar-refractivity contribution in [1.82, 2.24) is 4.98 Å². The van der Waals surface area contributed by atoms with Crippen LogP contribution in [0.25, 0.3) is 0 Å². The van der Waals surface area contributed by atoms with Crippen molar-refractivity contribution in [3.05, 3.63) is 93.1 Å². The number of carbonyl (C=O) groups is 1. The third-order valence-electron chi connectivity index (χ3n) is 3.95. The van der Waals surface area contributed by atoms with Crippen LogP contribution in [-0.2, 0) is 4.79 Å². The molecule has 1 N–H and O–H groups in total. The lowest BCUT2D eigenvalue weighted by Gasteiger charge is -2.19. The van der Waals surface area contributed by atoms with E-state index in [0.717, 1.165) is 5.56 Å². The maximum absolute atomic E-state index is 12.9. The molecule has 1 aromatic heterocycles. The highest BCUT2D eigenvalue weighted by molar-refractivity contribution is 6.31. The number of ether oxygens (including phenoxy) is 1. The maximum atomic E-state index is 12.9. The number of rotatable bonds is 6. The molecular formula is C20H16ClN3O4. The van der Waals surface area contributed by atoms with Gasteiger partial charge in [0, 0.05) is 16.3 Å². The molecule has 0 aliphatic rings. The van der Waals surface area contributed by atoms with Crippen molar-refractivity contribution in [3.63, 3.8) is 0 Å². The average Bonchev–Trinajstić information content (AvgIpc) is 2.69. The van der Waals surface area contributed by atoms with E-state index in [2.05, 4.69) is 10.3 Å². The van der Waals surface area contributed by atoms with Gasteiger partial charge in [-0.25, -0.2) is 0 Å². The van der Waals surface area contributed by atoms with Crippen LogP contribution in [0.15, 0.2) is 66.9 Å². The number of pyridine rings is 1. The zero-order chi connectivity index (χ0) is 20.1. The van der Waals surface area contributed by atoms with E-state index in [1.54, 1.807) is 48.5 Å². The molecule has 1 unspecified atom stereocenters. The molecule has 3 rings (SSSR count). The van der Waals surface area contributed by atoms with E-state index in [4.69, 9.17) is 16.3 Å². The number of aryl methyl sites for hydroxylation is 1.